The topological polar surface area (TPSA) is 72.2 Å². The van der Waals surface area contributed by atoms with E-state index in [1.54, 1.807) is 0 Å². The summed E-state index contributed by atoms with van der Waals surface area (Å²) in [5, 5.41) is 14.5. The molecule has 2 rings (SSSR count). The van der Waals surface area contributed by atoms with Crippen LogP contribution in [0.15, 0.2) is 12.1 Å². The highest BCUT2D eigenvalue weighted by atomic mass is 35.5. The fourth-order valence-electron chi connectivity index (χ4n) is 1.96. The van der Waals surface area contributed by atoms with E-state index in [9.17, 15) is 14.3 Å². The van der Waals surface area contributed by atoms with Gasteiger partial charge in [-0.05, 0) is 18.9 Å². The zero-order chi connectivity index (χ0) is 14.0. The zero-order valence-electron chi connectivity index (χ0n) is 9.90. The number of rotatable bonds is 3. The number of nitrogens with one attached hydrogen (secondary N) is 1. The van der Waals surface area contributed by atoms with Gasteiger partial charge in [-0.25, -0.2) is 0 Å². The first-order valence-electron chi connectivity index (χ1n) is 5.72. The van der Waals surface area contributed by atoms with E-state index in [4.69, 9.17) is 23.2 Å². The molecule has 0 unspecified atom stereocenters. The zero-order valence-corrected chi connectivity index (χ0v) is 12.2. The predicted molar refractivity (Wildman–Crippen MR) is 77.6 cm³/mol. The van der Waals surface area contributed by atoms with Crippen LogP contribution < -0.4 is 5.32 Å². The van der Waals surface area contributed by atoms with Crippen molar-refractivity contribution in [1.29, 1.82) is 0 Å². The molecule has 5 nitrogen and oxygen atoms in total. The summed E-state index contributed by atoms with van der Waals surface area (Å²) in [4.78, 5) is 10.5. The first-order valence-corrected chi connectivity index (χ1v) is 7.96. The van der Waals surface area contributed by atoms with Crippen LogP contribution in [0.25, 0.3) is 0 Å². The van der Waals surface area contributed by atoms with Gasteiger partial charge in [0, 0.05) is 34.4 Å². The van der Waals surface area contributed by atoms with Crippen LogP contribution >= 0.6 is 23.2 Å². The van der Waals surface area contributed by atoms with Gasteiger partial charge < -0.3 is 5.32 Å². The molecule has 1 saturated heterocycles. The smallest absolute Gasteiger partial charge is 0.293 e. The summed E-state index contributed by atoms with van der Waals surface area (Å²) >= 11 is 11.7. The van der Waals surface area contributed by atoms with Gasteiger partial charge in [0.05, 0.1) is 15.0 Å². The monoisotopic (exact) mass is 322 g/mol. The maximum Gasteiger partial charge on any atom is 0.293 e. The van der Waals surface area contributed by atoms with E-state index in [0.29, 0.717) is 17.2 Å². The molecule has 1 aliphatic heterocycles. The van der Waals surface area contributed by atoms with Crippen molar-refractivity contribution in [2.75, 3.05) is 16.8 Å². The average molecular weight is 323 g/mol. The molecule has 1 N–H and O–H groups in total. The van der Waals surface area contributed by atoms with Gasteiger partial charge in [-0.3, -0.25) is 14.3 Å². The molecule has 0 saturated carbocycles. The number of halogens is 2. The minimum Gasteiger partial charge on any atom is -0.377 e. The summed E-state index contributed by atoms with van der Waals surface area (Å²) in [6, 6.07) is 2.79. The van der Waals surface area contributed by atoms with Gasteiger partial charge in [0.1, 0.15) is 5.69 Å². The minimum absolute atomic E-state index is 0.0774. The Kier molecular flexibility index (Phi) is 4.65. The molecule has 1 heterocycles. The number of hydrogen-bond acceptors (Lipinski definition) is 4. The number of hydrogen-bond donors (Lipinski definition) is 1. The first kappa shape index (κ1) is 14.6. The Morgan fingerprint density at radius 3 is 2.42 bits per heavy atom. The van der Waals surface area contributed by atoms with E-state index in [-0.39, 0.29) is 21.8 Å². The molecular weight excluding hydrogens is 311 g/mol. The van der Waals surface area contributed by atoms with Crippen molar-refractivity contribution >= 4 is 45.4 Å². The van der Waals surface area contributed by atoms with Crippen LogP contribution in [0, 0.1) is 10.1 Å². The summed E-state index contributed by atoms with van der Waals surface area (Å²) in [5.41, 5.74) is 0.262. The average Bonchev–Trinajstić information content (AvgIpc) is 2.36. The third-order valence-electron chi connectivity index (χ3n) is 2.98. The van der Waals surface area contributed by atoms with Crippen LogP contribution in [0.4, 0.5) is 11.4 Å². The van der Waals surface area contributed by atoms with E-state index in [1.165, 1.54) is 12.1 Å². The van der Waals surface area contributed by atoms with Crippen LogP contribution in [0.1, 0.15) is 12.8 Å². The highest BCUT2D eigenvalue weighted by molar-refractivity contribution is 7.85. The van der Waals surface area contributed by atoms with Gasteiger partial charge in [-0.1, -0.05) is 23.2 Å². The lowest BCUT2D eigenvalue weighted by Gasteiger charge is -2.23. The maximum absolute atomic E-state index is 11.3. The number of anilines is 1. The Balaban J connectivity index is 2.21. The van der Waals surface area contributed by atoms with Gasteiger partial charge in [0.2, 0.25) is 0 Å². The quantitative estimate of drug-likeness (QED) is 0.685. The predicted octanol–water partition coefficient (Wildman–Crippen LogP) is 3.22. The summed E-state index contributed by atoms with van der Waals surface area (Å²) in [6.45, 7) is 0. The lowest BCUT2D eigenvalue weighted by molar-refractivity contribution is -0.384. The lowest BCUT2D eigenvalue weighted by atomic mass is 10.1. The van der Waals surface area contributed by atoms with Crippen molar-refractivity contribution in [1.82, 2.24) is 0 Å². The Bertz CT molecular complexity index is 529. The van der Waals surface area contributed by atoms with Crippen LogP contribution in [0.2, 0.25) is 10.0 Å². The third kappa shape index (κ3) is 3.58. The van der Waals surface area contributed by atoms with Gasteiger partial charge in [-0.15, -0.1) is 0 Å². The van der Waals surface area contributed by atoms with E-state index in [2.05, 4.69) is 5.32 Å². The van der Waals surface area contributed by atoms with Crippen molar-refractivity contribution in [3.8, 4) is 0 Å². The standard InChI is InChI=1S/C11H12Cl2N2O3S/c12-8-5-10(11(15(16)17)6-9(8)13)14-7-1-3-19(18)4-2-7/h5-7,14H,1-4H2. The Morgan fingerprint density at radius 1 is 1.26 bits per heavy atom. The first-order chi connectivity index (χ1) is 8.97. The molecule has 8 heteroatoms. The Hall–Kier alpha value is -0.850. The molecule has 104 valence electrons. The second kappa shape index (κ2) is 6.07. The molecule has 19 heavy (non-hydrogen) atoms. The summed E-state index contributed by atoms with van der Waals surface area (Å²) in [5.74, 6) is 1.24. The van der Waals surface area contributed by atoms with Crippen LogP contribution in [0.5, 0.6) is 0 Å². The molecule has 0 amide bonds. The number of nitro groups is 1. The van der Waals surface area contributed by atoms with E-state index < -0.39 is 15.7 Å². The second-order valence-corrected chi connectivity index (χ2v) is 6.82. The fourth-order valence-corrected chi connectivity index (χ4v) is 3.58. The van der Waals surface area contributed by atoms with Crippen molar-refractivity contribution in [3.05, 3.63) is 32.3 Å². The maximum atomic E-state index is 11.3. The summed E-state index contributed by atoms with van der Waals surface area (Å²) in [7, 11) is -0.762. The molecule has 0 atom stereocenters. The van der Waals surface area contributed by atoms with E-state index in [0.717, 1.165) is 12.8 Å². The van der Waals surface area contributed by atoms with Crippen LogP contribution in [-0.2, 0) is 10.8 Å². The third-order valence-corrected chi connectivity index (χ3v) is 5.09. The summed E-state index contributed by atoms with van der Waals surface area (Å²) < 4.78 is 11.3. The normalized spacial score (nSPS) is 23.1. The van der Waals surface area contributed by atoms with Crippen molar-refractivity contribution in [3.63, 3.8) is 0 Å². The molecule has 0 bridgehead atoms. The molecule has 1 aromatic carbocycles. The molecule has 1 aromatic rings. The molecule has 1 fully saturated rings. The van der Waals surface area contributed by atoms with E-state index >= 15 is 0 Å². The molecule has 0 spiro atoms. The number of benzene rings is 1. The van der Waals surface area contributed by atoms with Gasteiger partial charge in [0.25, 0.3) is 5.69 Å². The minimum atomic E-state index is -0.762. The molecule has 1 aliphatic rings. The summed E-state index contributed by atoms with van der Waals surface area (Å²) in [6.07, 6.45) is 1.45. The lowest BCUT2D eigenvalue weighted by Crippen LogP contribution is -2.29. The van der Waals surface area contributed by atoms with Gasteiger partial charge >= 0.3 is 0 Å². The second-order valence-electron chi connectivity index (χ2n) is 4.31. The van der Waals surface area contributed by atoms with Crippen molar-refractivity contribution in [2.24, 2.45) is 0 Å². The van der Waals surface area contributed by atoms with Crippen molar-refractivity contribution < 1.29 is 9.13 Å². The molecule has 0 aliphatic carbocycles. The van der Waals surface area contributed by atoms with Gasteiger partial charge in [0.15, 0.2) is 0 Å². The Morgan fingerprint density at radius 2 is 1.84 bits per heavy atom. The van der Waals surface area contributed by atoms with Crippen LogP contribution in [-0.4, -0.2) is 26.7 Å². The highest BCUT2D eigenvalue weighted by Crippen LogP contribution is 2.35. The van der Waals surface area contributed by atoms with Crippen molar-refractivity contribution in [2.45, 2.75) is 18.9 Å². The SMILES string of the molecule is O=[N+]([O-])c1cc(Cl)c(Cl)cc1NC1CCS(=O)CC1. The highest BCUT2D eigenvalue weighted by Gasteiger charge is 2.22. The van der Waals surface area contributed by atoms with E-state index in [1.807, 2.05) is 0 Å². The molecular formula is C11H12Cl2N2O3S. The van der Waals surface area contributed by atoms with Crippen LogP contribution in [0.3, 0.4) is 0 Å². The Labute approximate surface area is 122 Å². The number of nitro benzene ring substituents is 1. The molecule has 0 radical (unpaired) electrons. The number of nitrogens with zero attached hydrogens (tertiary/aromatic N) is 1. The largest absolute Gasteiger partial charge is 0.377 e. The molecule has 0 aromatic heterocycles. The van der Waals surface area contributed by atoms with Gasteiger partial charge in [-0.2, -0.15) is 0 Å². The fraction of sp³-hybridized carbons (Fsp3) is 0.455.